The van der Waals surface area contributed by atoms with Crippen LogP contribution in [-0.4, -0.2) is 17.1 Å². The van der Waals surface area contributed by atoms with Crippen LogP contribution in [-0.2, 0) is 9.59 Å². The maximum absolute atomic E-state index is 11.3. The van der Waals surface area contributed by atoms with Gasteiger partial charge < -0.3 is 0 Å². The van der Waals surface area contributed by atoms with Crippen LogP contribution < -0.4 is 10.6 Å². The molecule has 2 N–H and O–H groups in total. The van der Waals surface area contributed by atoms with Crippen LogP contribution in [0, 0.1) is 29.8 Å². The van der Waals surface area contributed by atoms with Crippen LogP contribution >= 0.6 is 12.6 Å². The number of hydrogen-bond acceptors (Lipinski definition) is 3. The number of thiol groups is 1. The highest BCUT2D eigenvalue weighted by atomic mass is 32.1. The summed E-state index contributed by atoms with van der Waals surface area (Å²) >= 11 is 4.03. The van der Waals surface area contributed by atoms with E-state index in [0.29, 0.717) is 0 Å². The monoisotopic (exact) mass is 270 g/mol. The summed E-state index contributed by atoms with van der Waals surface area (Å²) in [5, 5.41) is 4.57. The number of rotatable bonds is 1. The first-order chi connectivity index (χ1) is 7.43. The normalized spacial score (nSPS) is 10.7. The molecule has 0 saturated heterocycles. The quantitative estimate of drug-likeness (QED) is 0.383. The van der Waals surface area contributed by atoms with Gasteiger partial charge in [-0.15, -0.1) is 0 Å². The minimum absolute atomic E-state index is 0. The van der Waals surface area contributed by atoms with Gasteiger partial charge >= 0.3 is 0 Å². The van der Waals surface area contributed by atoms with Gasteiger partial charge in [0.25, 0.3) is 0 Å². The third-order valence-corrected chi connectivity index (χ3v) is 1.52. The Morgan fingerprint density at radius 1 is 1.06 bits per heavy atom. The minimum atomic E-state index is -0.531. The fraction of sp³-hybridized carbons (Fsp3) is 0.538. The summed E-state index contributed by atoms with van der Waals surface area (Å²) in [6.45, 7) is 4.76. The second-order valence-corrected chi connectivity index (χ2v) is 3.88. The van der Waals surface area contributed by atoms with E-state index in [4.69, 9.17) is 0 Å². The lowest BCUT2D eigenvalue weighted by Gasteiger charge is -1.99. The third kappa shape index (κ3) is 12.5. The SMILES string of the molecule is C.C.CC(=O)NC#CC(C)C(=O)NC#CC(C)S. The molecule has 2 amide bonds. The van der Waals surface area contributed by atoms with Crippen LogP contribution in [0.25, 0.3) is 0 Å². The lowest BCUT2D eigenvalue weighted by Crippen LogP contribution is -2.24. The molecule has 102 valence electrons. The van der Waals surface area contributed by atoms with Gasteiger partial charge in [-0.05, 0) is 13.8 Å². The van der Waals surface area contributed by atoms with Crippen molar-refractivity contribution >= 4 is 24.4 Å². The molecule has 0 bridgehead atoms. The van der Waals surface area contributed by atoms with Crippen LogP contribution in [0.2, 0.25) is 0 Å². The summed E-state index contributed by atoms with van der Waals surface area (Å²) in [4.78, 5) is 21.8. The molecular formula is C13H22N2O2S. The second-order valence-electron chi connectivity index (χ2n) is 3.11. The second kappa shape index (κ2) is 11.9. The first-order valence-electron chi connectivity index (χ1n) is 4.69. The van der Waals surface area contributed by atoms with E-state index in [1.807, 2.05) is 0 Å². The standard InChI is InChI=1S/C11H14N2O2S.2CH4/c1-8(4-6-12-10(3)14)11(15)13-7-5-9(2)16;;/h8-9,16H,1-3H3,(H,12,14)(H,13,15);2*1H4. The summed E-state index contributed by atoms with van der Waals surface area (Å²) in [7, 11) is 0. The fourth-order valence-electron chi connectivity index (χ4n) is 0.608. The van der Waals surface area contributed by atoms with Gasteiger partial charge in [0, 0.05) is 19.0 Å². The van der Waals surface area contributed by atoms with Crippen LogP contribution in [0.1, 0.15) is 35.6 Å². The number of hydrogen-bond donors (Lipinski definition) is 3. The van der Waals surface area contributed by atoms with E-state index in [2.05, 4.69) is 47.2 Å². The molecule has 0 fully saturated rings. The Hall–Kier alpha value is -1.59. The van der Waals surface area contributed by atoms with Gasteiger partial charge in [-0.1, -0.05) is 26.7 Å². The van der Waals surface area contributed by atoms with Gasteiger partial charge in [-0.25, -0.2) is 0 Å². The van der Waals surface area contributed by atoms with Crippen molar-refractivity contribution in [2.75, 3.05) is 0 Å². The lowest BCUT2D eigenvalue weighted by molar-refractivity contribution is -0.122. The van der Waals surface area contributed by atoms with E-state index < -0.39 is 5.92 Å². The molecular weight excluding hydrogens is 248 g/mol. The molecule has 4 nitrogen and oxygen atoms in total. The lowest BCUT2D eigenvalue weighted by atomic mass is 10.2. The molecule has 0 radical (unpaired) electrons. The molecule has 0 saturated carbocycles. The first kappa shape index (κ1) is 21.7. The number of nitrogens with one attached hydrogen (secondary N) is 2. The zero-order valence-corrected chi connectivity index (χ0v) is 10.3. The number of amides is 2. The molecule has 2 unspecified atom stereocenters. The Kier molecular flexibility index (Phi) is 14.3. The topological polar surface area (TPSA) is 58.2 Å². The first-order valence-corrected chi connectivity index (χ1v) is 5.20. The van der Waals surface area contributed by atoms with Crippen molar-refractivity contribution in [3.63, 3.8) is 0 Å². The van der Waals surface area contributed by atoms with E-state index in [-0.39, 0.29) is 31.9 Å². The summed E-state index contributed by atoms with van der Waals surface area (Å²) in [5.41, 5.74) is 0. The molecule has 0 aromatic carbocycles. The van der Waals surface area contributed by atoms with Crippen molar-refractivity contribution < 1.29 is 9.59 Å². The molecule has 0 spiro atoms. The summed E-state index contributed by atoms with van der Waals surface area (Å²) in [6.07, 6.45) is 0. The Morgan fingerprint density at radius 3 is 2.00 bits per heavy atom. The van der Waals surface area contributed by atoms with Crippen LogP contribution in [0.4, 0.5) is 0 Å². The smallest absolute Gasteiger partial charge is 0.246 e. The van der Waals surface area contributed by atoms with E-state index in [1.165, 1.54) is 6.92 Å². The minimum Gasteiger partial charge on any atom is -0.285 e. The third-order valence-electron chi connectivity index (χ3n) is 1.39. The predicted molar refractivity (Wildman–Crippen MR) is 78.6 cm³/mol. The maximum Gasteiger partial charge on any atom is 0.246 e. The van der Waals surface area contributed by atoms with E-state index in [1.54, 1.807) is 13.8 Å². The zero-order chi connectivity index (χ0) is 12.6. The summed E-state index contributed by atoms with van der Waals surface area (Å²) in [5.74, 6) is 4.14. The van der Waals surface area contributed by atoms with Gasteiger partial charge in [0.2, 0.25) is 11.8 Å². The highest BCUT2D eigenvalue weighted by molar-refractivity contribution is 7.81. The number of carbonyl (C=O) groups excluding carboxylic acids is 2. The van der Waals surface area contributed by atoms with Crippen molar-refractivity contribution in [1.82, 2.24) is 10.6 Å². The fourth-order valence-corrected chi connectivity index (χ4v) is 0.673. The molecule has 0 heterocycles. The van der Waals surface area contributed by atoms with Crippen molar-refractivity contribution in [3.8, 4) is 23.9 Å². The highest BCUT2D eigenvalue weighted by Crippen LogP contribution is 1.91. The highest BCUT2D eigenvalue weighted by Gasteiger charge is 2.07. The molecule has 0 aliphatic carbocycles. The summed E-state index contributed by atoms with van der Waals surface area (Å²) in [6, 6.07) is 4.87. The molecule has 0 aliphatic rings. The average molecular weight is 270 g/mol. The Labute approximate surface area is 116 Å². The molecule has 18 heavy (non-hydrogen) atoms. The zero-order valence-electron chi connectivity index (χ0n) is 9.42. The summed E-state index contributed by atoms with van der Waals surface area (Å²) < 4.78 is 0. The van der Waals surface area contributed by atoms with Gasteiger partial charge in [0.05, 0.1) is 11.2 Å². The molecule has 0 aromatic heterocycles. The Balaban J connectivity index is -0.00000112. The molecule has 5 heteroatoms. The van der Waals surface area contributed by atoms with E-state index >= 15 is 0 Å². The van der Waals surface area contributed by atoms with Gasteiger partial charge in [-0.2, -0.15) is 12.6 Å². The molecule has 0 aromatic rings. The molecule has 0 rings (SSSR count). The van der Waals surface area contributed by atoms with Gasteiger partial charge in [0.15, 0.2) is 0 Å². The Bertz CT molecular complexity index is 383. The average Bonchev–Trinajstić information content (AvgIpc) is 2.16. The van der Waals surface area contributed by atoms with Crippen molar-refractivity contribution in [2.45, 2.75) is 40.9 Å². The van der Waals surface area contributed by atoms with Crippen LogP contribution in [0.3, 0.4) is 0 Å². The predicted octanol–water partition coefficient (Wildman–Crippen LogP) is 1.39. The van der Waals surface area contributed by atoms with Crippen LogP contribution in [0.5, 0.6) is 0 Å². The molecule has 0 aliphatic heterocycles. The largest absolute Gasteiger partial charge is 0.285 e. The molecule has 2 atom stereocenters. The van der Waals surface area contributed by atoms with Crippen LogP contribution in [0.15, 0.2) is 0 Å². The Morgan fingerprint density at radius 2 is 1.56 bits per heavy atom. The van der Waals surface area contributed by atoms with Crippen molar-refractivity contribution in [3.05, 3.63) is 0 Å². The van der Waals surface area contributed by atoms with E-state index in [0.717, 1.165) is 0 Å². The number of carbonyl (C=O) groups is 2. The van der Waals surface area contributed by atoms with Crippen molar-refractivity contribution in [1.29, 1.82) is 0 Å². The van der Waals surface area contributed by atoms with E-state index in [9.17, 15) is 9.59 Å². The maximum atomic E-state index is 11.3. The van der Waals surface area contributed by atoms with Gasteiger partial charge in [-0.3, -0.25) is 20.2 Å². The van der Waals surface area contributed by atoms with Crippen molar-refractivity contribution in [2.24, 2.45) is 5.92 Å². The van der Waals surface area contributed by atoms with Gasteiger partial charge in [0.1, 0.15) is 0 Å².